The fraction of sp³-hybridized carbons (Fsp3) is 0.421. The molecule has 2 aliphatic rings. The SMILES string of the molecule is CC1(C)[C@]2(C)CC[C@]1(C(=O)Oc1c(Br)cc(Br)c3cccnc13)OC2=O. The van der Waals surface area contributed by atoms with Crippen molar-refractivity contribution in [2.24, 2.45) is 10.8 Å². The van der Waals surface area contributed by atoms with Crippen molar-refractivity contribution < 1.29 is 19.1 Å². The molecule has 1 aromatic carbocycles. The Hall–Kier alpha value is -1.47. The van der Waals surface area contributed by atoms with Crippen molar-refractivity contribution in [3.63, 3.8) is 0 Å². The number of nitrogens with zero attached hydrogens (tertiary/aromatic N) is 1. The molecule has 1 saturated heterocycles. The normalized spacial score (nSPS) is 29.0. The van der Waals surface area contributed by atoms with Gasteiger partial charge in [0.2, 0.25) is 5.60 Å². The van der Waals surface area contributed by atoms with E-state index in [2.05, 4.69) is 36.8 Å². The van der Waals surface area contributed by atoms with E-state index in [1.165, 1.54) is 0 Å². The Bertz CT molecular complexity index is 973. The first-order valence-corrected chi connectivity index (χ1v) is 9.91. The highest BCUT2D eigenvalue weighted by atomic mass is 79.9. The zero-order valence-electron chi connectivity index (χ0n) is 14.6. The molecule has 7 heteroatoms. The third-order valence-corrected chi connectivity index (χ3v) is 7.60. The van der Waals surface area contributed by atoms with E-state index in [0.29, 0.717) is 28.6 Å². The summed E-state index contributed by atoms with van der Waals surface area (Å²) in [4.78, 5) is 30.0. The molecule has 0 spiro atoms. The molecule has 0 unspecified atom stereocenters. The van der Waals surface area contributed by atoms with Gasteiger partial charge in [-0.15, -0.1) is 0 Å². The predicted molar refractivity (Wildman–Crippen MR) is 103 cm³/mol. The van der Waals surface area contributed by atoms with Crippen LogP contribution < -0.4 is 4.74 Å². The van der Waals surface area contributed by atoms with E-state index < -0.39 is 22.4 Å². The van der Waals surface area contributed by atoms with Gasteiger partial charge >= 0.3 is 11.9 Å². The zero-order chi connectivity index (χ0) is 18.9. The average molecular weight is 483 g/mol. The highest BCUT2D eigenvalue weighted by Crippen LogP contribution is 2.65. The number of hydrogen-bond donors (Lipinski definition) is 0. The average Bonchev–Trinajstić information content (AvgIpc) is 2.89. The van der Waals surface area contributed by atoms with E-state index in [-0.39, 0.29) is 5.97 Å². The van der Waals surface area contributed by atoms with Gasteiger partial charge in [0, 0.05) is 21.5 Å². The van der Waals surface area contributed by atoms with Crippen LogP contribution in [0.1, 0.15) is 33.6 Å². The summed E-state index contributed by atoms with van der Waals surface area (Å²) in [5, 5.41) is 0.829. The van der Waals surface area contributed by atoms with Crippen LogP contribution >= 0.6 is 31.9 Å². The number of pyridine rings is 1. The maximum atomic E-state index is 13.2. The maximum Gasteiger partial charge on any atom is 0.356 e. The van der Waals surface area contributed by atoms with Crippen molar-refractivity contribution in [3.05, 3.63) is 33.3 Å². The Morgan fingerprint density at radius 3 is 2.58 bits per heavy atom. The smallest absolute Gasteiger partial charge is 0.356 e. The summed E-state index contributed by atoms with van der Waals surface area (Å²) in [7, 11) is 0. The molecule has 26 heavy (non-hydrogen) atoms. The lowest BCUT2D eigenvalue weighted by Gasteiger charge is -2.34. The van der Waals surface area contributed by atoms with Gasteiger partial charge in [-0.05, 0) is 47.8 Å². The van der Waals surface area contributed by atoms with Gasteiger partial charge in [-0.2, -0.15) is 0 Å². The fourth-order valence-corrected chi connectivity index (χ4v) is 5.47. The van der Waals surface area contributed by atoms with E-state index in [9.17, 15) is 9.59 Å². The second kappa shape index (κ2) is 5.52. The molecule has 2 bridgehead atoms. The molecule has 2 atom stereocenters. The molecular formula is C19H17Br2NO4. The molecule has 0 N–H and O–H groups in total. The number of carbonyl (C=O) groups excluding carboxylic acids is 2. The number of rotatable bonds is 2. The van der Waals surface area contributed by atoms with Crippen molar-refractivity contribution >= 4 is 54.7 Å². The third-order valence-electron chi connectivity index (χ3n) is 6.36. The largest absolute Gasteiger partial charge is 0.446 e. The minimum absolute atomic E-state index is 0.329. The topological polar surface area (TPSA) is 65.5 Å². The summed E-state index contributed by atoms with van der Waals surface area (Å²) >= 11 is 6.95. The van der Waals surface area contributed by atoms with E-state index >= 15 is 0 Å². The van der Waals surface area contributed by atoms with Gasteiger partial charge in [0.05, 0.1) is 9.89 Å². The number of hydrogen-bond acceptors (Lipinski definition) is 5. The summed E-state index contributed by atoms with van der Waals surface area (Å²) < 4.78 is 12.9. The summed E-state index contributed by atoms with van der Waals surface area (Å²) in [6.07, 6.45) is 2.71. The summed E-state index contributed by atoms with van der Waals surface area (Å²) in [5.74, 6) is -0.550. The summed E-state index contributed by atoms with van der Waals surface area (Å²) in [6, 6.07) is 5.52. The third kappa shape index (κ3) is 2.04. The lowest BCUT2D eigenvalue weighted by atomic mass is 9.66. The summed E-state index contributed by atoms with van der Waals surface area (Å²) in [6.45, 7) is 5.67. The van der Waals surface area contributed by atoms with Crippen molar-refractivity contribution in [3.8, 4) is 5.75 Å². The first kappa shape index (κ1) is 17.9. The number of carbonyl (C=O) groups is 2. The second-order valence-electron chi connectivity index (χ2n) is 7.63. The minimum atomic E-state index is -1.27. The van der Waals surface area contributed by atoms with E-state index in [1.54, 1.807) is 6.20 Å². The number of benzene rings is 1. The monoisotopic (exact) mass is 481 g/mol. The minimum Gasteiger partial charge on any atom is -0.446 e. The molecule has 2 fully saturated rings. The van der Waals surface area contributed by atoms with Crippen LogP contribution in [-0.4, -0.2) is 22.5 Å². The molecule has 0 amide bonds. The second-order valence-corrected chi connectivity index (χ2v) is 9.34. The van der Waals surface area contributed by atoms with Crippen LogP contribution in [0.15, 0.2) is 33.3 Å². The van der Waals surface area contributed by atoms with Gasteiger partial charge in [0.1, 0.15) is 5.52 Å². The number of esters is 2. The Balaban J connectivity index is 1.79. The quantitative estimate of drug-likeness (QED) is 0.455. The number of aromatic nitrogens is 1. The van der Waals surface area contributed by atoms with Crippen molar-refractivity contribution in [1.29, 1.82) is 0 Å². The highest BCUT2D eigenvalue weighted by Gasteiger charge is 2.76. The highest BCUT2D eigenvalue weighted by molar-refractivity contribution is 9.11. The number of ether oxygens (including phenoxy) is 2. The molecule has 1 aliphatic heterocycles. The standard InChI is InChI=1S/C19H17Br2NO4/c1-17(2)18(3)6-7-19(17,26-15(18)23)16(24)25-14-12(21)9-11(20)10-5-4-8-22-13(10)14/h4-5,8-9H,6-7H2,1-3H3/t18-,19-/m1/s1. The maximum absolute atomic E-state index is 13.2. The molecule has 136 valence electrons. The van der Waals surface area contributed by atoms with Crippen LogP contribution in [0.25, 0.3) is 10.9 Å². The molecule has 4 rings (SSSR count). The number of halogens is 2. The lowest BCUT2D eigenvalue weighted by Crippen LogP contribution is -2.50. The molecular weight excluding hydrogens is 466 g/mol. The van der Waals surface area contributed by atoms with Gasteiger partial charge in [-0.1, -0.05) is 35.8 Å². The van der Waals surface area contributed by atoms with Gasteiger partial charge in [-0.25, -0.2) is 4.79 Å². The first-order valence-electron chi connectivity index (χ1n) is 8.32. The van der Waals surface area contributed by atoms with E-state index in [4.69, 9.17) is 9.47 Å². The van der Waals surface area contributed by atoms with Crippen LogP contribution in [0.3, 0.4) is 0 Å². The first-order chi connectivity index (χ1) is 12.1. The molecule has 2 aromatic rings. The molecule has 0 radical (unpaired) electrons. The Morgan fingerprint density at radius 1 is 1.23 bits per heavy atom. The van der Waals surface area contributed by atoms with Gasteiger partial charge in [-0.3, -0.25) is 9.78 Å². The molecule has 1 saturated carbocycles. The van der Waals surface area contributed by atoms with Gasteiger partial charge in [0.25, 0.3) is 0 Å². The Labute approximate surface area is 167 Å². The fourth-order valence-electron chi connectivity index (χ4n) is 4.12. The summed E-state index contributed by atoms with van der Waals surface area (Å²) in [5.41, 5.74) is -2.05. The molecule has 5 nitrogen and oxygen atoms in total. The van der Waals surface area contributed by atoms with E-state index in [1.807, 2.05) is 39.0 Å². The lowest BCUT2D eigenvalue weighted by molar-refractivity contribution is -0.176. The van der Waals surface area contributed by atoms with Crippen LogP contribution in [0.2, 0.25) is 0 Å². The Morgan fingerprint density at radius 2 is 1.96 bits per heavy atom. The molecule has 1 aromatic heterocycles. The van der Waals surface area contributed by atoms with Crippen molar-refractivity contribution in [2.45, 2.75) is 39.2 Å². The van der Waals surface area contributed by atoms with E-state index in [0.717, 1.165) is 9.86 Å². The van der Waals surface area contributed by atoms with Crippen LogP contribution in [0.5, 0.6) is 5.75 Å². The van der Waals surface area contributed by atoms with Crippen LogP contribution in [0, 0.1) is 10.8 Å². The van der Waals surface area contributed by atoms with Gasteiger partial charge in [0.15, 0.2) is 5.75 Å². The van der Waals surface area contributed by atoms with Crippen LogP contribution in [-0.2, 0) is 14.3 Å². The molecule has 1 aliphatic carbocycles. The van der Waals surface area contributed by atoms with Crippen molar-refractivity contribution in [2.75, 3.05) is 0 Å². The predicted octanol–water partition coefficient (Wildman–Crippen LogP) is 4.79. The Kier molecular flexibility index (Phi) is 3.80. The van der Waals surface area contributed by atoms with Crippen molar-refractivity contribution in [1.82, 2.24) is 4.98 Å². The zero-order valence-corrected chi connectivity index (χ0v) is 17.7. The molecule has 2 heterocycles. The van der Waals surface area contributed by atoms with Gasteiger partial charge < -0.3 is 9.47 Å². The number of fused-ring (bicyclic) bond motifs is 3. The van der Waals surface area contributed by atoms with Crippen LogP contribution in [0.4, 0.5) is 0 Å².